The third-order valence-electron chi connectivity index (χ3n) is 3.20. The Kier molecular flexibility index (Phi) is 4.92. The van der Waals surface area contributed by atoms with Crippen molar-refractivity contribution in [2.75, 3.05) is 0 Å². The van der Waals surface area contributed by atoms with Crippen LogP contribution in [0, 0.1) is 21.8 Å². The van der Waals surface area contributed by atoms with Crippen LogP contribution in [0.15, 0.2) is 39.3 Å². The van der Waals surface area contributed by atoms with Gasteiger partial charge in [-0.15, -0.1) is 10.2 Å². The van der Waals surface area contributed by atoms with Crippen molar-refractivity contribution >= 4 is 34.0 Å². The number of nitriles is 1. The lowest BCUT2D eigenvalue weighted by Gasteiger charge is -2.10. The van der Waals surface area contributed by atoms with Crippen molar-refractivity contribution in [3.05, 3.63) is 49.3 Å². The molecule has 0 fully saturated rings. The summed E-state index contributed by atoms with van der Waals surface area (Å²) >= 11 is 2.12. The predicted molar refractivity (Wildman–Crippen MR) is 90.8 cm³/mol. The second-order valence-electron chi connectivity index (χ2n) is 4.48. The van der Waals surface area contributed by atoms with Crippen molar-refractivity contribution in [1.29, 1.82) is 5.26 Å². The molecule has 0 bridgehead atoms. The number of hydrogen-bond donors (Lipinski definition) is 1. The number of pyridine rings is 1. The van der Waals surface area contributed by atoms with Crippen LogP contribution in [0.5, 0.6) is 5.88 Å². The molecule has 0 amide bonds. The van der Waals surface area contributed by atoms with Crippen LogP contribution in [0.2, 0.25) is 0 Å². The van der Waals surface area contributed by atoms with Crippen LogP contribution >= 0.6 is 22.6 Å². The van der Waals surface area contributed by atoms with E-state index in [0.717, 1.165) is 8.14 Å². The van der Waals surface area contributed by atoms with Gasteiger partial charge in [0, 0.05) is 15.7 Å². The molecule has 2 rings (SSSR count). The van der Waals surface area contributed by atoms with Crippen molar-refractivity contribution in [3.8, 4) is 11.9 Å². The zero-order valence-corrected chi connectivity index (χ0v) is 14.2. The molecule has 1 heterocycles. The minimum atomic E-state index is -0.466. The molecule has 2 aromatic rings. The van der Waals surface area contributed by atoms with Gasteiger partial charge in [0.1, 0.15) is 11.6 Å². The number of nitrogens with zero attached hydrogens (tertiary/aromatic N) is 4. The van der Waals surface area contributed by atoms with Gasteiger partial charge in [-0.1, -0.05) is 12.1 Å². The van der Waals surface area contributed by atoms with Gasteiger partial charge in [0.25, 0.3) is 5.56 Å². The first-order chi connectivity index (χ1) is 10.5. The Balaban J connectivity index is 2.64. The quantitative estimate of drug-likeness (QED) is 0.619. The Hall–Kier alpha value is -2.21. The Morgan fingerprint density at radius 3 is 2.64 bits per heavy atom. The number of halogens is 1. The molecular weight excluding hydrogens is 395 g/mol. The lowest BCUT2D eigenvalue weighted by molar-refractivity contribution is 0.409. The summed E-state index contributed by atoms with van der Waals surface area (Å²) in [6.45, 7) is 3.52. The summed E-state index contributed by atoms with van der Waals surface area (Å²) < 4.78 is 2.01. The third kappa shape index (κ3) is 2.87. The molecule has 0 saturated carbocycles. The smallest absolute Gasteiger partial charge is 0.281 e. The summed E-state index contributed by atoms with van der Waals surface area (Å²) in [7, 11) is 0. The van der Waals surface area contributed by atoms with Crippen LogP contribution in [-0.2, 0) is 6.54 Å². The molecule has 0 saturated heterocycles. The summed E-state index contributed by atoms with van der Waals surface area (Å²) in [5, 5.41) is 27.2. The summed E-state index contributed by atoms with van der Waals surface area (Å²) in [6, 6.07) is 9.27. The van der Waals surface area contributed by atoms with E-state index in [0.29, 0.717) is 11.3 Å². The van der Waals surface area contributed by atoms with Crippen molar-refractivity contribution in [3.63, 3.8) is 0 Å². The van der Waals surface area contributed by atoms with Gasteiger partial charge in [-0.2, -0.15) is 5.26 Å². The average Bonchev–Trinajstić information content (AvgIpc) is 2.49. The van der Waals surface area contributed by atoms with E-state index in [1.165, 1.54) is 0 Å². The van der Waals surface area contributed by atoms with E-state index in [9.17, 15) is 9.90 Å². The van der Waals surface area contributed by atoms with E-state index in [4.69, 9.17) is 5.26 Å². The lowest BCUT2D eigenvalue weighted by atomic mass is 10.1. The molecule has 0 atom stereocenters. The fourth-order valence-electron chi connectivity index (χ4n) is 1.99. The molecular formula is C15H13IN4O2. The number of azo groups is 1. The minimum absolute atomic E-state index is 0.0400. The number of rotatable bonds is 3. The zero-order valence-electron chi connectivity index (χ0n) is 12.0. The van der Waals surface area contributed by atoms with Crippen molar-refractivity contribution in [2.45, 2.75) is 20.4 Å². The van der Waals surface area contributed by atoms with Crippen LogP contribution < -0.4 is 5.56 Å². The Bertz CT molecular complexity index is 850. The summed E-state index contributed by atoms with van der Waals surface area (Å²) in [6.07, 6.45) is 0. The average molecular weight is 408 g/mol. The SMILES string of the molecule is CCn1c(O)c(C#N)c(C)c(N=Nc2ccccc2I)c1=O. The van der Waals surface area contributed by atoms with Crippen LogP contribution in [0.4, 0.5) is 11.4 Å². The molecule has 0 aliphatic carbocycles. The minimum Gasteiger partial charge on any atom is -0.493 e. The summed E-state index contributed by atoms with van der Waals surface area (Å²) in [5.41, 5.74) is 0.598. The van der Waals surface area contributed by atoms with Gasteiger partial charge in [0.15, 0.2) is 5.69 Å². The Morgan fingerprint density at radius 1 is 1.36 bits per heavy atom. The van der Waals surface area contributed by atoms with E-state index in [1.54, 1.807) is 19.9 Å². The summed E-state index contributed by atoms with van der Waals surface area (Å²) in [4.78, 5) is 12.4. The Morgan fingerprint density at radius 2 is 2.05 bits per heavy atom. The zero-order chi connectivity index (χ0) is 16.3. The number of aromatic hydroxyl groups is 1. The number of hydrogen-bond acceptors (Lipinski definition) is 5. The van der Waals surface area contributed by atoms with Gasteiger partial charge in [-0.3, -0.25) is 9.36 Å². The maximum Gasteiger partial charge on any atom is 0.281 e. The maximum absolute atomic E-state index is 12.4. The van der Waals surface area contributed by atoms with Crippen molar-refractivity contribution < 1.29 is 5.11 Å². The van der Waals surface area contributed by atoms with Crippen molar-refractivity contribution in [1.82, 2.24) is 4.57 Å². The van der Waals surface area contributed by atoms with Gasteiger partial charge >= 0.3 is 0 Å². The molecule has 1 aromatic carbocycles. The molecule has 6 nitrogen and oxygen atoms in total. The van der Waals surface area contributed by atoms with E-state index < -0.39 is 5.56 Å². The van der Waals surface area contributed by atoms with E-state index in [-0.39, 0.29) is 23.7 Å². The lowest BCUT2D eigenvalue weighted by Crippen LogP contribution is -2.20. The highest BCUT2D eigenvalue weighted by molar-refractivity contribution is 14.1. The fraction of sp³-hybridized carbons (Fsp3) is 0.200. The fourth-order valence-corrected chi connectivity index (χ4v) is 2.48. The molecule has 0 aliphatic rings. The van der Waals surface area contributed by atoms with Crippen LogP contribution in [0.1, 0.15) is 18.1 Å². The highest BCUT2D eigenvalue weighted by atomic mass is 127. The first kappa shape index (κ1) is 16.2. The largest absolute Gasteiger partial charge is 0.493 e. The first-order valence-corrected chi connectivity index (χ1v) is 7.61. The van der Waals surface area contributed by atoms with Crippen LogP contribution in [-0.4, -0.2) is 9.67 Å². The molecule has 0 spiro atoms. The van der Waals surface area contributed by atoms with Gasteiger partial charge in [0.2, 0.25) is 5.88 Å². The van der Waals surface area contributed by atoms with Crippen LogP contribution in [0.3, 0.4) is 0 Å². The standard InChI is InChI=1S/C15H13IN4O2/c1-3-20-14(21)10(8-17)9(2)13(15(20)22)19-18-12-7-5-4-6-11(12)16/h4-7,21H,3H2,1-2H3. The molecule has 0 unspecified atom stereocenters. The summed E-state index contributed by atoms with van der Waals surface area (Å²) in [5.74, 6) is -0.333. The molecule has 1 N–H and O–H groups in total. The normalized spacial score (nSPS) is 10.8. The number of benzene rings is 1. The number of aromatic nitrogens is 1. The van der Waals surface area contributed by atoms with Crippen molar-refractivity contribution in [2.24, 2.45) is 10.2 Å². The molecule has 112 valence electrons. The van der Waals surface area contributed by atoms with E-state index in [1.807, 2.05) is 24.3 Å². The topological polar surface area (TPSA) is 90.7 Å². The highest BCUT2D eigenvalue weighted by Crippen LogP contribution is 2.28. The van der Waals surface area contributed by atoms with Gasteiger partial charge in [-0.05, 0) is 48.6 Å². The van der Waals surface area contributed by atoms with E-state index in [2.05, 4.69) is 32.8 Å². The predicted octanol–water partition coefficient (Wildman–Crippen LogP) is 3.77. The molecule has 0 aliphatic heterocycles. The molecule has 22 heavy (non-hydrogen) atoms. The van der Waals surface area contributed by atoms with E-state index >= 15 is 0 Å². The Labute approximate surface area is 140 Å². The highest BCUT2D eigenvalue weighted by Gasteiger charge is 2.18. The van der Waals surface area contributed by atoms with Gasteiger partial charge in [0.05, 0.1) is 5.69 Å². The second kappa shape index (κ2) is 6.70. The third-order valence-corrected chi connectivity index (χ3v) is 4.11. The monoisotopic (exact) mass is 408 g/mol. The van der Waals surface area contributed by atoms with Gasteiger partial charge < -0.3 is 5.11 Å². The second-order valence-corrected chi connectivity index (χ2v) is 5.65. The van der Waals surface area contributed by atoms with Gasteiger partial charge in [-0.25, -0.2) is 0 Å². The van der Waals surface area contributed by atoms with Crippen LogP contribution in [0.25, 0.3) is 0 Å². The molecule has 7 heteroatoms. The molecule has 0 radical (unpaired) electrons. The first-order valence-electron chi connectivity index (χ1n) is 6.54. The maximum atomic E-state index is 12.4. The molecule has 1 aromatic heterocycles.